The summed E-state index contributed by atoms with van der Waals surface area (Å²) in [6.07, 6.45) is 0.503. The summed E-state index contributed by atoms with van der Waals surface area (Å²) in [5, 5.41) is 5.50. The molecule has 1 N–H and O–H groups in total. The van der Waals surface area contributed by atoms with E-state index in [0.29, 0.717) is 6.42 Å². The Morgan fingerprint density at radius 1 is 1.35 bits per heavy atom. The highest BCUT2D eigenvalue weighted by atomic mass is 79.9. The number of rotatable bonds is 3. The molecule has 20 heavy (non-hydrogen) atoms. The van der Waals surface area contributed by atoms with Crippen molar-refractivity contribution in [3.63, 3.8) is 0 Å². The van der Waals surface area contributed by atoms with E-state index in [9.17, 15) is 4.79 Å². The predicted molar refractivity (Wildman–Crippen MR) is 86.5 cm³/mol. The molecule has 0 saturated heterocycles. The SMILES string of the molecule is CNC(c1csc(Br)c1)c1ccc2c(c1)CC(=O)N2C. The van der Waals surface area contributed by atoms with Crippen molar-refractivity contribution in [2.75, 3.05) is 19.0 Å². The molecule has 0 aliphatic carbocycles. The molecule has 0 fully saturated rings. The minimum Gasteiger partial charge on any atom is -0.315 e. The maximum absolute atomic E-state index is 11.8. The fourth-order valence-electron chi connectivity index (χ4n) is 2.67. The van der Waals surface area contributed by atoms with Crippen LogP contribution in [0.5, 0.6) is 0 Å². The lowest BCUT2D eigenvalue weighted by molar-refractivity contribution is -0.117. The number of halogens is 1. The van der Waals surface area contributed by atoms with Gasteiger partial charge in [0.05, 0.1) is 16.2 Å². The molecule has 1 aromatic heterocycles. The first-order valence-corrected chi connectivity index (χ1v) is 8.08. The highest BCUT2D eigenvalue weighted by Gasteiger charge is 2.25. The average Bonchev–Trinajstić information content (AvgIpc) is 2.96. The van der Waals surface area contributed by atoms with Crippen LogP contribution in [0.15, 0.2) is 33.4 Å². The first-order chi connectivity index (χ1) is 9.60. The van der Waals surface area contributed by atoms with Gasteiger partial charge in [-0.2, -0.15) is 0 Å². The van der Waals surface area contributed by atoms with Crippen LogP contribution in [0, 0.1) is 0 Å². The van der Waals surface area contributed by atoms with Gasteiger partial charge in [0.25, 0.3) is 0 Å². The van der Waals surface area contributed by atoms with Gasteiger partial charge in [-0.05, 0) is 57.2 Å². The number of amides is 1. The van der Waals surface area contributed by atoms with Crippen molar-refractivity contribution < 1.29 is 4.79 Å². The Labute approximate surface area is 130 Å². The van der Waals surface area contributed by atoms with Crippen LogP contribution in [0.2, 0.25) is 0 Å². The number of nitrogens with zero attached hydrogens (tertiary/aromatic N) is 1. The van der Waals surface area contributed by atoms with Crippen molar-refractivity contribution in [1.29, 1.82) is 0 Å². The van der Waals surface area contributed by atoms with Crippen molar-refractivity contribution in [3.8, 4) is 0 Å². The molecule has 1 aromatic carbocycles. The van der Waals surface area contributed by atoms with Crippen LogP contribution in [0.4, 0.5) is 5.69 Å². The minimum absolute atomic E-state index is 0.156. The second-order valence-corrected chi connectivity index (χ2v) is 7.21. The van der Waals surface area contributed by atoms with Crippen molar-refractivity contribution >= 4 is 38.9 Å². The van der Waals surface area contributed by atoms with E-state index in [0.717, 1.165) is 15.0 Å². The minimum atomic E-state index is 0.156. The first-order valence-electron chi connectivity index (χ1n) is 6.40. The summed E-state index contributed by atoms with van der Waals surface area (Å²) >= 11 is 5.19. The van der Waals surface area contributed by atoms with Crippen LogP contribution < -0.4 is 10.2 Å². The zero-order valence-electron chi connectivity index (χ0n) is 11.3. The van der Waals surface area contributed by atoms with Crippen LogP contribution in [0.3, 0.4) is 0 Å². The number of benzene rings is 1. The number of fused-ring (bicyclic) bond motifs is 1. The third-order valence-corrected chi connectivity index (χ3v) is 5.25. The Balaban J connectivity index is 1.98. The Morgan fingerprint density at radius 3 is 2.80 bits per heavy atom. The lowest BCUT2D eigenvalue weighted by atomic mass is 9.98. The molecule has 0 spiro atoms. The molecule has 2 aromatic rings. The monoisotopic (exact) mass is 350 g/mol. The number of nitrogens with one attached hydrogen (secondary N) is 1. The normalized spacial score (nSPS) is 15.6. The summed E-state index contributed by atoms with van der Waals surface area (Å²) in [6, 6.07) is 8.57. The van der Waals surface area contributed by atoms with E-state index in [4.69, 9.17) is 0 Å². The van der Waals surface area contributed by atoms with Gasteiger partial charge in [-0.15, -0.1) is 11.3 Å². The average molecular weight is 351 g/mol. The summed E-state index contributed by atoms with van der Waals surface area (Å²) < 4.78 is 1.13. The zero-order valence-corrected chi connectivity index (χ0v) is 13.7. The fraction of sp³-hybridized carbons (Fsp3) is 0.267. The number of thiophene rings is 1. The molecular formula is C15H15BrN2OS. The topological polar surface area (TPSA) is 32.3 Å². The van der Waals surface area contributed by atoms with Crippen molar-refractivity contribution in [3.05, 3.63) is 50.1 Å². The van der Waals surface area contributed by atoms with E-state index < -0.39 is 0 Å². The van der Waals surface area contributed by atoms with Crippen LogP contribution in [-0.2, 0) is 11.2 Å². The molecule has 0 radical (unpaired) electrons. The Bertz CT molecular complexity index is 668. The number of hydrogen-bond donors (Lipinski definition) is 1. The van der Waals surface area contributed by atoms with E-state index in [-0.39, 0.29) is 11.9 Å². The maximum Gasteiger partial charge on any atom is 0.231 e. The third-order valence-electron chi connectivity index (χ3n) is 3.72. The van der Waals surface area contributed by atoms with E-state index in [1.807, 2.05) is 20.2 Å². The molecule has 1 atom stereocenters. The van der Waals surface area contributed by atoms with Crippen LogP contribution in [0.1, 0.15) is 22.7 Å². The van der Waals surface area contributed by atoms with E-state index in [1.54, 1.807) is 16.2 Å². The van der Waals surface area contributed by atoms with E-state index in [2.05, 4.69) is 44.8 Å². The van der Waals surface area contributed by atoms with Crippen LogP contribution in [0.25, 0.3) is 0 Å². The molecule has 0 bridgehead atoms. The van der Waals surface area contributed by atoms with Crippen LogP contribution in [-0.4, -0.2) is 20.0 Å². The number of anilines is 1. The quantitative estimate of drug-likeness (QED) is 0.920. The summed E-state index contributed by atoms with van der Waals surface area (Å²) in [4.78, 5) is 13.5. The molecule has 2 heterocycles. The highest BCUT2D eigenvalue weighted by Crippen LogP contribution is 2.33. The van der Waals surface area contributed by atoms with Crippen LogP contribution >= 0.6 is 27.3 Å². The summed E-state index contributed by atoms with van der Waals surface area (Å²) in [6.45, 7) is 0. The Morgan fingerprint density at radius 2 is 2.15 bits per heavy atom. The fourth-order valence-corrected chi connectivity index (χ4v) is 3.87. The molecule has 5 heteroatoms. The summed E-state index contributed by atoms with van der Waals surface area (Å²) in [5.74, 6) is 0.163. The highest BCUT2D eigenvalue weighted by molar-refractivity contribution is 9.11. The molecule has 104 valence electrons. The standard InChI is InChI=1S/C15H15BrN2OS/c1-17-15(11-6-13(16)20-8-11)9-3-4-12-10(5-9)7-14(19)18(12)2/h3-6,8,15,17H,7H2,1-2H3. The molecule has 3 rings (SSSR count). The number of likely N-dealkylation sites (N-methyl/N-ethyl adjacent to an activating group) is 1. The van der Waals surface area contributed by atoms with Gasteiger partial charge in [0.1, 0.15) is 0 Å². The second-order valence-electron chi connectivity index (χ2n) is 4.92. The third kappa shape index (κ3) is 2.30. The summed E-state index contributed by atoms with van der Waals surface area (Å²) in [7, 11) is 3.79. The van der Waals surface area contributed by atoms with Crippen molar-refractivity contribution in [2.45, 2.75) is 12.5 Å². The molecule has 0 saturated carbocycles. The van der Waals surface area contributed by atoms with Crippen molar-refractivity contribution in [2.24, 2.45) is 0 Å². The van der Waals surface area contributed by atoms with Gasteiger partial charge < -0.3 is 10.2 Å². The molecule has 1 aliphatic heterocycles. The zero-order chi connectivity index (χ0) is 14.3. The van der Waals surface area contributed by atoms with Gasteiger partial charge in [-0.3, -0.25) is 4.79 Å². The summed E-state index contributed by atoms with van der Waals surface area (Å²) in [5.41, 5.74) is 4.58. The largest absolute Gasteiger partial charge is 0.315 e. The number of hydrogen-bond acceptors (Lipinski definition) is 3. The van der Waals surface area contributed by atoms with Crippen molar-refractivity contribution in [1.82, 2.24) is 5.32 Å². The van der Waals surface area contributed by atoms with Gasteiger partial charge >= 0.3 is 0 Å². The first kappa shape index (κ1) is 13.8. The Hall–Kier alpha value is -1.17. The van der Waals surface area contributed by atoms with Gasteiger partial charge in [0, 0.05) is 12.7 Å². The number of carbonyl (C=O) groups excluding carboxylic acids is 1. The molecule has 1 amide bonds. The van der Waals surface area contributed by atoms with Gasteiger partial charge in [-0.1, -0.05) is 12.1 Å². The van der Waals surface area contributed by atoms with Gasteiger partial charge in [0.15, 0.2) is 0 Å². The number of carbonyl (C=O) groups is 1. The van der Waals surface area contributed by atoms with Gasteiger partial charge in [0.2, 0.25) is 5.91 Å². The lowest BCUT2D eigenvalue weighted by Crippen LogP contribution is -2.20. The van der Waals surface area contributed by atoms with Gasteiger partial charge in [-0.25, -0.2) is 0 Å². The molecule has 1 aliphatic rings. The molecular weight excluding hydrogens is 336 g/mol. The maximum atomic E-state index is 11.8. The lowest BCUT2D eigenvalue weighted by Gasteiger charge is -2.17. The predicted octanol–water partition coefficient (Wildman–Crippen LogP) is 3.34. The molecule has 1 unspecified atom stereocenters. The van der Waals surface area contributed by atoms with E-state index >= 15 is 0 Å². The Kier molecular flexibility index (Phi) is 3.67. The molecule has 3 nitrogen and oxygen atoms in total. The smallest absolute Gasteiger partial charge is 0.231 e. The van der Waals surface area contributed by atoms with E-state index in [1.165, 1.54) is 11.1 Å². The second kappa shape index (κ2) is 5.31.